The molecule has 0 atom stereocenters. The van der Waals surface area contributed by atoms with Crippen molar-refractivity contribution in [3.8, 4) is 0 Å². The molecule has 0 aliphatic carbocycles. The van der Waals surface area contributed by atoms with E-state index in [0.717, 1.165) is 0 Å². The van der Waals surface area contributed by atoms with Crippen LogP contribution in [-0.4, -0.2) is 0 Å². The van der Waals surface area contributed by atoms with E-state index in [4.69, 9.17) is 0 Å². The second-order valence-electron chi connectivity index (χ2n) is 12.8. The average Bonchev–Trinajstić information content (AvgIpc) is 3.01. The van der Waals surface area contributed by atoms with E-state index in [1.165, 1.54) is 0 Å². The van der Waals surface area contributed by atoms with Gasteiger partial charge in [0.15, 0.2) is 0 Å². The van der Waals surface area contributed by atoms with Crippen LogP contribution < -0.4 is 0 Å². The molecular weight excluding hydrogens is 206 g/mol. The number of rotatable bonds is 0. The molecule has 0 N–H and O–H groups in total. The Morgan fingerprint density at radius 2 is 0.538 bits per heavy atom. The maximum atomic E-state index is 1.62. The van der Waals surface area contributed by atoms with E-state index in [9.17, 15) is 0 Å². The predicted octanol–water partition coefficient (Wildman–Crippen LogP) is 3.68. The standard InChI is InChI=1S/2C5H5.2FH.Ti/c2*1-2-4-5-3-1;;;/h2*1-5H;2*1H;. The van der Waals surface area contributed by atoms with Crippen LogP contribution in [0.25, 0.3) is 0 Å². The summed E-state index contributed by atoms with van der Waals surface area (Å²) in [6, 6.07) is 0. The number of hydrogen-bond donors (Lipinski definition) is 0. The summed E-state index contributed by atoms with van der Waals surface area (Å²) in [6.07, 6.45) is 0. The first-order valence-corrected chi connectivity index (χ1v) is 15.2. The normalized spacial score (nSPS) is 145. The summed E-state index contributed by atoms with van der Waals surface area (Å²) < 4.78 is 16.2. The van der Waals surface area contributed by atoms with Crippen molar-refractivity contribution in [1.29, 1.82) is 0 Å². The van der Waals surface area contributed by atoms with Gasteiger partial charge >= 0.3 is 51.1 Å². The molecule has 10 saturated heterocycles. The fourth-order valence-electron chi connectivity index (χ4n) is 23.2. The minimum absolute atomic E-state index is 0. The zero-order valence-electron chi connectivity index (χ0n) is 7.09. The molecule has 1 spiro atoms. The monoisotopic (exact) mass is 218 g/mol. The molecule has 10 fully saturated rings. The Morgan fingerprint density at radius 1 is 0.385 bits per heavy atom. The average molecular weight is 218 g/mol. The van der Waals surface area contributed by atoms with Crippen LogP contribution in [0.5, 0.6) is 0 Å². The minimum atomic E-state index is -2.63. The van der Waals surface area contributed by atoms with E-state index in [0.29, 0.717) is 0 Å². The summed E-state index contributed by atoms with van der Waals surface area (Å²) in [7, 11) is -2.63. The van der Waals surface area contributed by atoms with Gasteiger partial charge in [-0.15, -0.1) is 0 Å². The summed E-state index contributed by atoms with van der Waals surface area (Å²) in [5, 5.41) is 0. The van der Waals surface area contributed by atoms with E-state index in [1.54, 1.807) is 42.2 Å². The van der Waals surface area contributed by atoms with Crippen molar-refractivity contribution in [2.75, 3.05) is 0 Å². The van der Waals surface area contributed by atoms with Gasteiger partial charge in [-0.3, -0.25) is 9.41 Å². The van der Waals surface area contributed by atoms with Crippen LogP contribution in [0.3, 0.4) is 0 Å². The SMILES string of the molecule is F.F.[CH]12[CH]3[CH]4[CH]5[CH]1[Ti]23451678[CH]2[CH]1[CH]6[CH]7[CH]28. The van der Waals surface area contributed by atoms with E-state index in [-0.39, 0.29) is 9.41 Å². The molecule has 0 amide bonds. The Labute approximate surface area is 60.7 Å². The van der Waals surface area contributed by atoms with E-state index in [2.05, 4.69) is 0 Å². The van der Waals surface area contributed by atoms with Gasteiger partial charge in [-0.2, -0.15) is 0 Å². The molecule has 13 heavy (non-hydrogen) atoms. The van der Waals surface area contributed by atoms with Gasteiger partial charge < -0.3 is 0 Å². The fourth-order valence-corrected chi connectivity index (χ4v) is 143. The maximum absolute atomic E-state index is 2.63. The van der Waals surface area contributed by atoms with Crippen molar-refractivity contribution in [2.45, 2.75) is 42.2 Å². The van der Waals surface area contributed by atoms with Crippen LogP contribution in [-0.2, 0) is 8.89 Å². The van der Waals surface area contributed by atoms with Gasteiger partial charge in [-0.1, -0.05) is 0 Å². The van der Waals surface area contributed by atoms with Gasteiger partial charge in [-0.05, 0) is 0 Å². The van der Waals surface area contributed by atoms with Crippen LogP contribution in [0.4, 0.5) is 9.41 Å². The zero-order valence-corrected chi connectivity index (χ0v) is 8.65. The first-order chi connectivity index (χ1) is 5.16. The van der Waals surface area contributed by atoms with Gasteiger partial charge in [0.25, 0.3) is 0 Å². The van der Waals surface area contributed by atoms with Crippen LogP contribution in [0.1, 0.15) is 0 Å². The fraction of sp³-hybridized carbons (Fsp3) is 1.00. The summed E-state index contributed by atoms with van der Waals surface area (Å²) >= 11 is 0. The van der Waals surface area contributed by atoms with Gasteiger partial charge in [0.1, 0.15) is 0 Å². The molecule has 0 aromatic heterocycles. The molecule has 10 rings (SSSR count). The van der Waals surface area contributed by atoms with Crippen molar-refractivity contribution in [3.05, 3.63) is 0 Å². The van der Waals surface area contributed by atoms with E-state index >= 15 is 0 Å². The molecule has 10 aliphatic rings. The molecule has 10 heterocycles. The van der Waals surface area contributed by atoms with Crippen LogP contribution in [0.2, 0.25) is 42.2 Å². The molecule has 0 unspecified atom stereocenters. The number of hydrogen-bond acceptors (Lipinski definition) is 0. The van der Waals surface area contributed by atoms with E-state index < -0.39 is 8.89 Å². The summed E-state index contributed by atoms with van der Waals surface area (Å²) in [4.78, 5) is 0. The summed E-state index contributed by atoms with van der Waals surface area (Å²) in [5.74, 6) is 0. The second kappa shape index (κ2) is 0.295. The predicted molar refractivity (Wildman–Crippen MR) is 42.5 cm³/mol. The van der Waals surface area contributed by atoms with Crippen molar-refractivity contribution < 1.29 is 18.3 Å². The Kier molecular flexibility index (Phi) is 0.115. The summed E-state index contributed by atoms with van der Waals surface area (Å²) in [5.41, 5.74) is 0. The summed E-state index contributed by atoms with van der Waals surface area (Å²) in [6.45, 7) is 0. The Bertz CT molecular complexity index is 580. The first kappa shape index (κ1) is 5.07. The van der Waals surface area contributed by atoms with Crippen molar-refractivity contribution >= 4 is 0 Å². The molecular formula is C10H12F2Ti. The molecule has 0 aromatic rings. The third kappa shape index (κ3) is 0.0349. The Hall–Kier alpha value is 0.574. The Morgan fingerprint density at radius 3 is 0.538 bits per heavy atom. The second-order valence-corrected chi connectivity index (χ2v) is 46.6. The van der Waals surface area contributed by atoms with Crippen molar-refractivity contribution in [1.82, 2.24) is 0 Å². The molecule has 3 heteroatoms. The van der Waals surface area contributed by atoms with Crippen molar-refractivity contribution in [2.24, 2.45) is 0 Å². The molecule has 70 valence electrons. The Balaban J connectivity index is 0.000000222. The van der Waals surface area contributed by atoms with Crippen LogP contribution in [0.15, 0.2) is 0 Å². The number of fused-ring (bicyclic) bond motifs is 10. The first-order valence-electron chi connectivity index (χ1n) is 6.22. The van der Waals surface area contributed by atoms with Crippen molar-refractivity contribution in [3.63, 3.8) is 0 Å². The van der Waals surface area contributed by atoms with Gasteiger partial charge in [-0.25, -0.2) is 0 Å². The van der Waals surface area contributed by atoms with Gasteiger partial charge in [0, 0.05) is 0 Å². The number of halogens is 2. The molecule has 0 bridgehead atoms. The zero-order chi connectivity index (χ0) is 6.09. The topological polar surface area (TPSA) is 0 Å². The van der Waals surface area contributed by atoms with Crippen LogP contribution in [0, 0.1) is 0 Å². The van der Waals surface area contributed by atoms with E-state index in [1.807, 2.05) is 0 Å². The van der Waals surface area contributed by atoms with Gasteiger partial charge in [0.2, 0.25) is 0 Å². The molecule has 10 aliphatic heterocycles. The third-order valence-corrected chi connectivity index (χ3v) is 79.4. The molecule has 0 nitrogen and oxygen atoms in total. The molecule has 0 radical (unpaired) electrons. The van der Waals surface area contributed by atoms with Gasteiger partial charge in [0.05, 0.1) is 0 Å². The molecule has 0 saturated carbocycles. The van der Waals surface area contributed by atoms with Crippen LogP contribution >= 0.6 is 0 Å². The third-order valence-electron chi connectivity index (χ3n) is 20.1. The molecule has 0 aromatic carbocycles. The quantitative estimate of drug-likeness (QED) is 0.544.